The maximum Gasteiger partial charge on any atom is 0.244 e. The van der Waals surface area contributed by atoms with E-state index >= 15 is 0 Å². The molecule has 0 bridgehead atoms. The van der Waals surface area contributed by atoms with Crippen molar-refractivity contribution in [3.05, 3.63) is 18.3 Å². The average Bonchev–Trinajstić information content (AvgIpc) is 2.42. The fraction of sp³-hybridized carbons (Fsp3) is 0.571. The Morgan fingerprint density at radius 2 is 2.11 bits per heavy atom. The van der Waals surface area contributed by atoms with E-state index in [1.165, 1.54) is 0 Å². The highest BCUT2D eigenvalue weighted by Crippen LogP contribution is 2.21. The minimum Gasteiger partial charge on any atom is -0.490 e. The number of carbonyl (C=O) groups is 1. The summed E-state index contributed by atoms with van der Waals surface area (Å²) in [5, 5.41) is 3.12. The zero-order valence-electron chi connectivity index (χ0n) is 12.1. The zero-order chi connectivity index (χ0) is 14.3. The summed E-state index contributed by atoms with van der Waals surface area (Å²) in [5.41, 5.74) is 0. The Bertz CT molecular complexity index is 405. The number of nitrogens with zero attached hydrogens (tertiary/aromatic N) is 2. The first-order valence-electron chi connectivity index (χ1n) is 6.77. The fourth-order valence-corrected chi connectivity index (χ4v) is 1.85. The molecule has 0 spiro atoms. The third-order valence-electron chi connectivity index (χ3n) is 2.87. The number of rotatable bonds is 7. The average molecular weight is 265 g/mol. The minimum atomic E-state index is -0.325. The Balaban J connectivity index is 2.76. The Labute approximate surface area is 115 Å². The second kappa shape index (κ2) is 7.61. The highest BCUT2D eigenvalue weighted by Gasteiger charge is 2.19. The molecule has 1 aromatic heterocycles. The number of hydrogen-bond acceptors (Lipinski definition) is 4. The third-order valence-corrected chi connectivity index (χ3v) is 2.87. The third kappa shape index (κ3) is 4.12. The Morgan fingerprint density at radius 1 is 1.42 bits per heavy atom. The highest BCUT2D eigenvalue weighted by atomic mass is 16.5. The van der Waals surface area contributed by atoms with E-state index in [2.05, 4.69) is 10.3 Å². The van der Waals surface area contributed by atoms with Gasteiger partial charge in [0.2, 0.25) is 5.91 Å². The second-order valence-electron chi connectivity index (χ2n) is 4.16. The maximum atomic E-state index is 12.2. The molecule has 1 atom stereocenters. The zero-order valence-corrected chi connectivity index (χ0v) is 12.1. The molecule has 0 saturated carbocycles. The van der Waals surface area contributed by atoms with Gasteiger partial charge in [-0.25, -0.2) is 4.98 Å². The number of nitrogens with one attached hydrogen (secondary N) is 1. The summed E-state index contributed by atoms with van der Waals surface area (Å²) in [6, 6.07) is 3.33. The van der Waals surface area contributed by atoms with Crippen LogP contribution in [0.5, 0.6) is 5.75 Å². The monoisotopic (exact) mass is 265 g/mol. The number of anilines is 1. The van der Waals surface area contributed by atoms with Gasteiger partial charge in [0.1, 0.15) is 6.04 Å². The van der Waals surface area contributed by atoms with Crippen molar-refractivity contribution in [3.8, 4) is 5.75 Å². The summed E-state index contributed by atoms with van der Waals surface area (Å²) in [5.74, 6) is 1.35. The van der Waals surface area contributed by atoms with Crippen LogP contribution >= 0.6 is 0 Å². The normalized spacial score (nSPS) is 11.8. The molecule has 106 valence electrons. The van der Waals surface area contributed by atoms with Crippen LogP contribution in [0, 0.1) is 0 Å². The van der Waals surface area contributed by atoms with Gasteiger partial charge in [-0.2, -0.15) is 0 Å². The van der Waals surface area contributed by atoms with E-state index < -0.39 is 0 Å². The molecule has 1 N–H and O–H groups in total. The molecule has 0 aliphatic heterocycles. The van der Waals surface area contributed by atoms with Gasteiger partial charge in [0.05, 0.1) is 6.61 Å². The van der Waals surface area contributed by atoms with Crippen LogP contribution in [0.1, 0.15) is 27.7 Å². The van der Waals surface area contributed by atoms with E-state index in [4.69, 9.17) is 4.74 Å². The number of likely N-dealkylation sites (N-methyl/N-ethyl adjacent to an activating group) is 1. The van der Waals surface area contributed by atoms with Crippen LogP contribution in [-0.2, 0) is 4.79 Å². The number of amides is 1. The fourth-order valence-electron chi connectivity index (χ4n) is 1.85. The van der Waals surface area contributed by atoms with E-state index in [0.717, 1.165) is 0 Å². The Kier molecular flexibility index (Phi) is 6.12. The van der Waals surface area contributed by atoms with Crippen molar-refractivity contribution in [2.45, 2.75) is 33.7 Å². The molecule has 5 nitrogen and oxygen atoms in total. The number of ether oxygens (including phenoxy) is 1. The minimum absolute atomic E-state index is 0.0677. The highest BCUT2D eigenvalue weighted by molar-refractivity contribution is 5.84. The van der Waals surface area contributed by atoms with Gasteiger partial charge in [0.25, 0.3) is 0 Å². The van der Waals surface area contributed by atoms with Crippen LogP contribution < -0.4 is 10.1 Å². The van der Waals surface area contributed by atoms with E-state index in [1.54, 1.807) is 11.1 Å². The predicted molar refractivity (Wildman–Crippen MR) is 76.4 cm³/mol. The summed E-state index contributed by atoms with van der Waals surface area (Å²) in [6.07, 6.45) is 1.68. The molecule has 0 aliphatic carbocycles. The molecule has 1 amide bonds. The molecule has 1 heterocycles. The second-order valence-corrected chi connectivity index (χ2v) is 4.16. The lowest BCUT2D eigenvalue weighted by atomic mass is 10.2. The number of pyridine rings is 1. The molecule has 1 aromatic rings. The standard InChI is InChI=1S/C14H23N3O2/c1-5-17(6-2)14(18)11(4)16-13-12(19-7-3)9-8-10-15-13/h8-11H,5-7H2,1-4H3,(H,15,16). The Morgan fingerprint density at radius 3 is 2.68 bits per heavy atom. The lowest BCUT2D eigenvalue weighted by molar-refractivity contribution is -0.131. The molecule has 0 aromatic carbocycles. The van der Waals surface area contributed by atoms with Gasteiger partial charge >= 0.3 is 0 Å². The van der Waals surface area contributed by atoms with Crippen LogP contribution in [0.4, 0.5) is 5.82 Å². The van der Waals surface area contributed by atoms with Crippen molar-refractivity contribution in [3.63, 3.8) is 0 Å². The van der Waals surface area contributed by atoms with Gasteiger partial charge < -0.3 is 15.0 Å². The molecule has 19 heavy (non-hydrogen) atoms. The van der Waals surface area contributed by atoms with Crippen LogP contribution in [-0.4, -0.2) is 41.5 Å². The first-order chi connectivity index (χ1) is 9.13. The van der Waals surface area contributed by atoms with Gasteiger partial charge in [-0.3, -0.25) is 4.79 Å². The summed E-state index contributed by atoms with van der Waals surface area (Å²) in [7, 11) is 0. The van der Waals surface area contributed by atoms with Crippen LogP contribution in [0.2, 0.25) is 0 Å². The smallest absolute Gasteiger partial charge is 0.244 e. The molecule has 0 saturated heterocycles. The first kappa shape index (κ1) is 15.3. The Hall–Kier alpha value is -1.78. The van der Waals surface area contributed by atoms with E-state index in [-0.39, 0.29) is 11.9 Å². The number of aromatic nitrogens is 1. The maximum absolute atomic E-state index is 12.2. The first-order valence-corrected chi connectivity index (χ1v) is 6.77. The predicted octanol–water partition coefficient (Wildman–Crippen LogP) is 2.15. The van der Waals surface area contributed by atoms with E-state index in [9.17, 15) is 4.79 Å². The largest absolute Gasteiger partial charge is 0.490 e. The molecule has 1 unspecified atom stereocenters. The van der Waals surface area contributed by atoms with E-state index in [1.807, 2.05) is 39.8 Å². The lowest BCUT2D eigenvalue weighted by Gasteiger charge is -2.24. The van der Waals surface area contributed by atoms with Crippen molar-refractivity contribution in [2.75, 3.05) is 25.0 Å². The van der Waals surface area contributed by atoms with Crippen LogP contribution in [0.3, 0.4) is 0 Å². The summed E-state index contributed by atoms with van der Waals surface area (Å²) < 4.78 is 5.48. The molecule has 0 radical (unpaired) electrons. The van der Waals surface area contributed by atoms with Crippen molar-refractivity contribution in [1.82, 2.24) is 9.88 Å². The molecule has 0 fully saturated rings. The van der Waals surface area contributed by atoms with Crippen LogP contribution in [0.15, 0.2) is 18.3 Å². The topological polar surface area (TPSA) is 54.5 Å². The molecule has 0 aliphatic rings. The van der Waals surface area contributed by atoms with Gasteiger partial charge in [-0.1, -0.05) is 0 Å². The molecule has 5 heteroatoms. The van der Waals surface area contributed by atoms with Crippen molar-refractivity contribution >= 4 is 11.7 Å². The molecular weight excluding hydrogens is 242 g/mol. The van der Waals surface area contributed by atoms with Crippen molar-refractivity contribution in [2.24, 2.45) is 0 Å². The molecule has 1 rings (SSSR count). The quantitative estimate of drug-likeness (QED) is 0.820. The lowest BCUT2D eigenvalue weighted by Crippen LogP contribution is -2.41. The van der Waals surface area contributed by atoms with Gasteiger partial charge in [-0.15, -0.1) is 0 Å². The SMILES string of the molecule is CCOc1cccnc1NC(C)C(=O)N(CC)CC. The van der Waals surface area contributed by atoms with Crippen molar-refractivity contribution < 1.29 is 9.53 Å². The number of hydrogen-bond donors (Lipinski definition) is 1. The van der Waals surface area contributed by atoms with E-state index in [0.29, 0.717) is 31.3 Å². The summed E-state index contributed by atoms with van der Waals surface area (Å²) in [4.78, 5) is 18.2. The van der Waals surface area contributed by atoms with Crippen molar-refractivity contribution in [1.29, 1.82) is 0 Å². The van der Waals surface area contributed by atoms with Gasteiger partial charge in [0, 0.05) is 19.3 Å². The summed E-state index contributed by atoms with van der Waals surface area (Å²) in [6.45, 7) is 9.69. The van der Waals surface area contributed by atoms with Gasteiger partial charge in [0.15, 0.2) is 11.6 Å². The summed E-state index contributed by atoms with van der Waals surface area (Å²) >= 11 is 0. The van der Waals surface area contributed by atoms with Crippen LogP contribution in [0.25, 0.3) is 0 Å². The van der Waals surface area contributed by atoms with Gasteiger partial charge in [-0.05, 0) is 39.8 Å². The molecular formula is C14H23N3O2. The number of carbonyl (C=O) groups excluding carboxylic acids is 1.